The predicted octanol–water partition coefficient (Wildman–Crippen LogP) is 3.16. The molecule has 1 aliphatic rings. The molecule has 2 N–H and O–H groups in total. The average molecular weight is 400 g/mol. The van der Waals surface area contributed by atoms with Crippen molar-refractivity contribution in [2.75, 3.05) is 18.4 Å². The maximum absolute atomic E-state index is 12.4. The summed E-state index contributed by atoms with van der Waals surface area (Å²) in [5, 5.41) is 10.7. The van der Waals surface area contributed by atoms with Gasteiger partial charge in [-0.25, -0.2) is 4.68 Å². The van der Waals surface area contributed by atoms with Crippen LogP contribution in [0.5, 0.6) is 0 Å². The molecular formula is C16H20BrClN4O. The van der Waals surface area contributed by atoms with Crippen molar-refractivity contribution >= 4 is 40.1 Å². The molecule has 124 valence electrons. The lowest BCUT2D eigenvalue weighted by Crippen LogP contribution is -2.48. The smallest absolute Gasteiger partial charge is 0.228 e. The van der Waals surface area contributed by atoms with Gasteiger partial charge in [0.15, 0.2) is 0 Å². The first-order chi connectivity index (χ1) is 10.5. The second-order valence-corrected chi connectivity index (χ2v) is 6.67. The molecule has 0 bridgehead atoms. The van der Waals surface area contributed by atoms with Gasteiger partial charge in [0, 0.05) is 16.5 Å². The Kier molecular flexibility index (Phi) is 5.84. The van der Waals surface area contributed by atoms with Crippen LogP contribution < -0.4 is 10.6 Å². The van der Waals surface area contributed by atoms with Gasteiger partial charge in [0.05, 0.1) is 11.4 Å². The third-order valence-corrected chi connectivity index (χ3v) is 4.56. The van der Waals surface area contributed by atoms with Crippen molar-refractivity contribution in [3.05, 3.63) is 40.5 Å². The summed E-state index contributed by atoms with van der Waals surface area (Å²) in [5.74, 6) is 1.16. The fourth-order valence-electron chi connectivity index (χ4n) is 2.51. The number of aryl methyl sites for hydroxylation is 1. The molecule has 1 amide bonds. The van der Waals surface area contributed by atoms with Gasteiger partial charge in [-0.2, -0.15) is 5.10 Å². The van der Waals surface area contributed by atoms with Crippen molar-refractivity contribution in [3.63, 3.8) is 0 Å². The maximum Gasteiger partial charge on any atom is 0.228 e. The minimum Gasteiger partial charge on any atom is -0.316 e. The number of nitrogens with one attached hydrogen (secondary N) is 2. The normalized spacial score (nSPS) is 15.4. The van der Waals surface area contributed by atoms with Crippen LogP contribution in [-0.4, -0.2) is 28.8 Å². The number of benzene rings is 1. The molecule has 1 saturated heterocycles. The van der Waals surface area contributed by atoms with Crippen LogP contribution in [0.3, 0.4) is 0 Å². The Labute approximate surface area is 150 Å². The van der Waals surface area contributed by atoms with Crippen LogP contribution in [-0.2, 0) is 4.79 Å². The van der Waals surface area contributed by atoms with E-state index in [1.54, 1.807) is 4.68 Å². The van der Waals surface area contributed by atoms with Gasteiger partial charge in [-0.05, 0) is 44.1 Å². The fourth-order valence-corrected chi connectivity index (χ4v) is 2.90. The summed E-state index contributed by atoms with van der Waals surface area (Å²) in [6.07, 6.45) is 0. The van der Waals surface area contributed by atoms with Crippen molar-refractivity contribution in [2.45, 2.75) is 13.8 Å². The number of hydrogen-bond donors (Lipinski definition) is 2. The largest absolute Gasteiger partial charge is 0.316 e. The topological polar surface area (TPSA) is 59.0 Å². The van der Waals surface area contributed by atoms with E-state index in [4.69, 9.17) is 0 Å². The zero-order chi connectivity index (χ0) is 15.7. The van der Waals surface area contributed by atoms with Gasteiger partial charge >= 0.3 is 0 Å². The highest BCUT2D eigenvalue weighted by Gasteiger charge is 2.29. The van der Waals surface area contributed by atoms with Gasteiger partial charge in [0.2, 0.25) is 5.91 Å². The summed E-state index contributed by atoms with van der Waals surface area (Å²) in [6.45, 7) is 5.73. The summed E-state index contributed by atoms with van der Waals surface area (Å²) >= 11 is 3.47. The highest BCUT2D eigenvalue weighted by molar-refractivity contribution is 9.10. The van der Waals surface area contributed by atoms with E-state index in [-0.39, 0.29) is 24.2 Å². The molecule has 5 nitrogen and oxygen atoms in total. The lowest BCUT2D eigenvalue weighted by molar-refractivity contribution is -0.121. The fraction of sp³-hybridized carbons (Fsp3) is 0.375. The second-order valence-electron chi connectivity index (χ2n) is 5.76. The monoisotopic (exact) mass is 398 g/mol. The molecule has 1 atom stereocenters. The lowest BCUT2D eigenvalue weighted by atomic mass is 9.88. The van der Waals surface area contributed by atoms with Gasteiger partial charge in [0.25, 0.3) is 0 Å². The number of amides is 1. The van der Waals surface area contributed by atoms with Crippen molar-refractivity contribution < 1.29 is 4.79 Å². The van der Waals surface area contributed by atoms with Gasteiger partial charge in [-0.15, -0.1) is 12.4 Å². The van der Waals surface area contributed by atoms with E-state index in [0.29, 0.717) is 11.7 Å². The number of carbonyl (C=O) groups excluding carboxylic acids is 1. The third kappa shape index (κ3) is 3.94. The number of rotatable bonds is 4. The van der Waals surface area contributed by atoms with Gasteiger partial charge in [-0.1, -0.05) is 28.9 Å². The van der Waals surface area contributed by atoms with Crippen LogP contribution in [0.15, 0.2) is 34.8 Å². The molecule has 0 aliphatic carbocycles. The first-order valence-corrected chi connectivity index (χ1v) is 8.18. The molecule has 23 heavy (non-hydrogen) atoms. The molecular weight excluding hydrogens is 380 g/mol. The summed E-state index contributed by atoms with van der Waals surface area (Å²) in [5.41, 5.74) is 1.78. The van der Waals surface area contributed by atoms with Gasteiger partial charge in [-0.3, -0.25) is 4.79 Å². The number of aromatic nitrogens is 2. The number of halogens is 2. The highest BCUT2D eigenvalue weighted by Crippen LogP contribution is 2.22. The molecule has 2 aromatic rings. The number of carbonyl (C=O) groups is 1. The average Bonchev–Trinajstić information content (AvgIpc) is 2.77. The van der Waals surface area contributed by atoms with Gasteiger partial charge in [0.1, 0.15) is 5.82 Å². The molecule has 1 aliphatic heterocycles. The maximum atomic E-state index is 12.4. The highest BCUT2D eigenvalue weighted by atomic mass is 79.9. The Bertz CT molecular complexity index is 699. The molecule has 0 radical (unpaired) electrons. The molecule has 0 spiro atoms. The Morgan fingerprint density at radius 2 is 2.17 bits per heavy atom. The van der Waals surface area contributed by atoms with Crippen LogP contribution in [0.1, 0.15) is 12.6 Å². The van der Waals surface area contributed by atoms with E-state index < -0.39 is 0 Å². The zero-order valence-corrected chi connectivity index (χ0v) is 15.4. The van der Waals surface area contributed by atoms with Gasteiger partial charge < -0.3 is 10.6 Å². The lowest BCUT2D eigenvalue weighted by Gasteiger charge is -2.31. The van der Waals surface area contributed by atoms with E-state index in [0.717, 1.165) is 28.9 Å². The van der Waals surface area contributed by atoms with E-state index in [9.17, 15) is 4.79 Å². The third-order valence-electron chi connectivity index (χ3n) is 4.07. The summed E-state index contributed by atoms with van der Waals surface area (Å²) in [4.78, 5) is 12.4. The number of nitrogens with zero attached hydrogens (tertiary/aromatic N) is 2. The Balaban J connectivity index is 0.00000192. The minimum atomic E-state index is -0.00702. The molecule has 7 heteroatoms. The molecule has 3 rings (SSSR count). The minimum absolute atomic E-state index is 0. The molecule has 1 aromatic carbocycles. The van der Waals surface area contributed by atoms with Crippen molar-refractivity contribution in [2.24, 2.45) is 11.8 Å². The Morgan fingerprint density at radius 1 is 1.43 bits per heavy atom. The van der Waals surface area contributed by atoms with Crippen LogP contribution in [0.2, 0.25) is 0 Å². The standard InChI is InChI=1S/C16H19BrN4O.ClH/c1-10-6-15(19-16(22)11(2)12-8-18-9-12)21(20-10)14-5-3-4-13(17)7-14;/h3-7,11-12,18H,8-9H2,1-2H3,(H,19,22);1H. The van der Waals surface area contributed by atoms with Crippen molar-refractivity contribution in [1.29, 1.82) is 0 Å². The first-order valence-electron chi connectivity index (χ1n) is 7.39. The van der Waals surface area contributed by atoms with Crippen LogP contribution in [0, 0.1) is 18.8 Å². The van der Waals surface area contributed by atoms with E-state index in [1.807, 2.05) is 44.2 Å². The molecule has 0 saturated carbocycles. The summed E-state index contributed by atoms with van der Waals surface area (Å²) < 4.78 is 2.74. The number of anilines is 1. The zero-order valence-electron chi connectivity index (χ0n) is 13.0. The van der Waals surface area contributed by atoms with Crippen LogP contribution >= 0.6 is 28.3 Å². The molecule has 1 unspecified atom stereocenters. The molecule has 1 fully saturated rings. The van der Waals surface area contributed by atoms with E-state index in [2.05, 4.69) is 31.7 Å². The Morgan fingerprint density at radius 3 is 2.78 bits per heavy atom. The molecule has 2 heterocycles. The molecule has 1 aromatic heterocycles. The second kappa shape index (κ2) is 7.47. The number of hydrogen-bond acceptors (Lipinski definition) is 3. The van der Waals surface area contributed by atoms with Crippen molar-refractivity contribution in [3.8, 4) is 5.69 Å². The predicted molar refractivity (Wildman–Crippen MR) is 97.4 cm³/mol. The van der Waals surface area contributed by atoms with Crippen LogP contribution in [0.4, 0.5) is 5.82 Å². The summed E-state index contributed by atoms with van der Waals surface area (Å²) in [6, 6.07) is 9.74. The van der Waals surface area contributed by atoms with Crippen molar-refractivity contribution in [1.82, 2.24) is 15.1 Å². The quantitative estimate of drug-likeness (QED) is 0.830. The first kappa shape index (κ1) is 18.0. The Hall–Kier alpha value is -1.37. The van der Waals surface area contributed by atoms with E-state index in [1.165, 1.54) is 0 Å². The van der Waals surface area contributed by atoms with E-state index >= 15 is 0 Å². The summed E-state index contributed by atoms with van der Waals surface area (Å²) in [7, 11) is 0. The van der Waals surface area contributed by atoms with Crippen LogP contribution in [0.25, 0.3) is 5.69 Å². The SMILES string of the molecule is Cc1cc(NC(=O)C(C)C2CNC2)n(-c2cccc(Br)c2)n1.Cl.